The second kappa shape index (κ2) is 6.41. The molecule has 1 spiro atoms. The van der Waals surface area contributed by atoms with Crippen LogP contribution in [0.5, 0.6) is 0 Å². The molecule has 1 unspecified atom stereocenters. The largest absolute Gasteiger partial charge is 0.343 e. The van der Waals surface area contributed by atoms with E-state index in [0.717, 1.165) is 5.69 Å². The lowest BCUT2D eigenvalue weighted by Crippen LogP contribution is -2.48. The van der Waals surface area contributed by atoms with Crippen molar-refractivity contribution >= 4 is 23.2 Å². The van der Waals surface area contributed by atoms with Gasteiger partial charge >= 0.3 is 0 Å². The van der Waals surface area contributed by atoms with Crippen molar-refractivity contribution in [1.29, 1.82) is 0 Å². The van der Waals surface area contributed by atoms with E-state index in [9.17, 15) is 14.0 Å². The van der Waals surface area contributed by atoms with Gasteiger partial charge in [0.25, 0.3) is 0 Å². The molecule has 0 fully saturated rings. The van der Waals surface area contributed by atoms with Crippen molar-refractivity contribution in [3.05, 3.63) is 82.4 Å². The molecule has 1 amide bonds. The number of nitrogens with one attached hydrogen (secondary N) is 2. The first-order chi connectivity index (χ1) is 15.7. The first-order valence-electron chi connectivity index (χ1n) is 11.0. The third-order valence-corrected chi connectivity index (χ3v) is 6.93. The van der Waals surface area contributed by atoms with Crippen molar-refractivity contribution < 1.29 is 14.0 Å². The Bertz CT molecular complexity index is 1400. The van der Waals surface area contributed by atoms with Crippen LogP contribution in [0.4, 0.5) is 15.9 Å². The van der Waals surface area contributed by atoms with Gasteiger partial charge in [0.2, 0.25) is 5.91 Å². The molecule has 3 aromatic rings. The molecule has 2 N–H and O–H groups in total. The minimum absolute atomic E-state index is 0.0986. The second-order valence-corrected chi connectivity index (χ2v) is 9.87. The molecule has 2 aliphatic heterocycles. The Morgan fingerprint density at radius 3 is 2.55 bits per heavy atom. The van der Waals surface area contributed by atoms with Gasteiger partial charge in [-0.2, -0.15) is 5.10 Å². The van der Waals surface area contributed by atoms with Crippen LogP contribution in [0.2, 0.25) is 0 Å². The molecule has 1 atom stereocenters. The average molecular weight is 442 g/mol. The summed E-state index contributed by atoms with van der Waals surface area (Å²) >= 11 is 0. The molecule has 33 heavy (non-hydrogen) atoms. The number of allylic oxidation sites excluding steroid dienone is 1. The number of fused-ring (bicyclic) bond motifs is 5. The van der Waals surface area contributed by atoms with Gasteiger partial charge in [-0.3, -0.25) is 9.59 Å². The number of carbonyl (C=O) groups is 2. The third-order valence-electron chi connectivity index (χ3n) is 6.93. The molecule has 6 rings (SSSR count). The van der Waals surface area contributed by atoms with Gasteiger partial charge < -0.3 is 10.6 Å². The minimum Gasteiger partial charge on any atom is -0.343 e. The maximum absolute atomic E-state index is 14.5. The van der Waals surface area contributed by atoms with E-state index in [0.29, 0.717) is 52.4 Å². The number of Topliss-reactive ketones (excluding diaryl/α,β-unsaturated/α-hetero) is 1. The van der Waals surface area contributed by atoms with Crippen molar-refractivity contribution in [1.82, 2.24) is 9.78 Å². The number of hydrogen-bond donors (Lipinski definition) is 2. The van der Waals surface area contributed by atoms with Gasteiger partial charge in [0.1, 0.15) is 17.1 Å². The molecule has 0 saturated carbocycles. The maximum Gasteiger partial charge on any atom is 0.244 e. The Morgan fingerprint density at radius 2 is 1.79 bits per heavy atom. The van der Waals surface area contributed by atoms with Crippen LogP contribution >= 0.6 is 0 Å². The normalized spacial score (nSPS) is 22.5. The maximum atomic E-state index is 14.5. The van der Waals surface area contributed by atoms with Gasteiger partial charge in [-0.25, -0.2) is 9.07 Å². The topological polar surface area (TPSA) is 76.0 Å². The quantitative estimate of drug-likeness (QED) is 0.576. The first kappa shape index (κ1) is 19.9. The Kier molecular flexibility index (Phi) is 3.86. The van der Waals surface area contributed by atoms with Crippen LogP contribution in [0, 0.1) is 18.2 Å². The fourth-order valence-electron chi connectivity index (χ4n) is 5.75. The third kappa shape index (κ3) is 2.56. The summed E-state index contributed by atoms with van der Waals surface area (Å²) < 4.78 is 16.3. The molecule has 3 aliphatic rings. The number of aromatic nitrogens is 2. The molecule has 6 nitrogen and oxygen atoms in total. The molecule has 2 aromatic carbocycles. The summed E-state index contributed by atoms with van der Waals surface area (Å²) in [5.74, 6) is -0.264. The monoisotopic (exact) mass is 442 g/mol. The number of halogens is 1. The SMILES string of the molecule is Cc1nn(-c2ccccc2)c2c1C1(C(=O)Nc3ccc(F)cc31)C1=C(CC(C)(C)CC1=O)N2. The fraction of sp³-hybridized carbons (Fsp3) is 0.269. The number of ketones is 1. The zero-order valence-electron chi connectivity index (χ0n) is 18.6. The summed E-state index contributed by atoms with van der Waals surface area (Å²) in [5.41, 5.74) is 2.41. The van der Waals surface area contributed by atoms with E-state index in [1.54, 1.807) is 10.7 Å². The lowest BCUT2D eigenvalue weighted by atomic mass is 9.61. The number of nitrogens with zero attached hydrogens (tertiary/aromatic N) is 2. The lowest BCUT2D eigenvalue weighted by molar-refractivity contribution is -0.123. The van der Waals surface area contributed by atoms with Gasteiger partial charge in [-0.05, 0) is 49.1 Å². The Balaban J connectivity index is 1.74. The summed E-state index contributed by atoms with van der Waals surface area (Å²) in [6.07, 6.45) is 0.903. The van der Waals surface area contributed by atoms with E-state index >= 15 is 0 Å². The van der Waals surface area contributed by atoms with Crippen LogP contribution in [0.3, 0.4) is 0 Å². The summed E-state index contributed by atoms with van der Waals surface area (Å²) in [5, 5.41) is 11.2. The van der Waals surface area contributed by atoms with Crippen molar-refractivity contribution in [2.75, 3.05) is 10.6 Å². The molecule has 1 aliphatic carbocycles. The molecule has 0 saturated heterocycles. The zero-order valence-corrected chi connectivity index (χ0v) is 18.6. The smallest absolute Gasteiger partial charge is 0.244 e. The molecule has 1 aromatic heterocycles. The highest BCUT2D eigenvalue weighted by Gasteiger charge is 2.60. The number of amides is 1. The lowest BCUT2D eigenvalue weighted by Gasteiger charge is -2.42. The first-order valence-corrected chi connectivity index (χ1v) is 11.0. The Labute approximate surface area is 190 Å². The molecule has 3 heterocycles. The van der Waals surface area contributed by atoms with Gasteiger partial charge in [0.15, 0.2) is 5.78 Å². The standard InChI is InChI=1S/C26H23FN4O2/c1-14-21-23(31(30-14)16-7-5-4-6-8-16)28-19-12-25(2,3)13-20(32)22(19)26(21)17-11-15(27)9-10-18(17)29-24(26)33/h4-11,28H,12-13H2,1-3H3,(H,29,33). The van der Waals surface area contributed by atoms with Gasteiger partial charge in [0.05, 0.1) is 11.4 Å². The van der Waals surface area contributed by atoms with Crippen molar-refractivity contribution in [3.8, 4) is 5.69 Å². The average Bonchev–Trinajstić information content (AvgIpc) is 3.22. The van der Waals surface area contributed by atoms with E-state index in [2.05, 4.69) is 10.6 Å². The van der Waals surface area contributed by atoms with E-state index < -0.39 is 11.2 Å². The highest BCUT2D eigenvalue weighted by atomic mass is 19.1. The van der Waals surface area contributed by atoms with Crippen LogP contribution in [0.1, 0.15) is 43.5 Å². The molecular formula is C26H23FN4O2. The van der Waals surface area contributed by atoms with Crippen LogP contribution in [-0.2, 0) is 15.0 Å². The van der Waals surface area contributed by atoms with Crippen LogP contribution in [0.15, 0.2) is 59.8 Å². The number of para-hydroxylation sites is 1. The van der Waals surface area contributed by atoms with E-state index in [1.165, 1.54) is 12.1 Å². The molecular weight excluding hydrogens is 419 g/mol. The predicted molar refractivity (Wildman–Crippen MR) is 123 cm³/mol. The number of hydrogen-bond acceptors (Lipinski definition) is 4. The second-order valence-electron chi connectivity index (χ2n) is 9.87. The number of carbonyl (C=O) groups excluding carboxylic acids is 2. The minimum atomic E-state index is -1.45. The predicted octanol–water partition coefficient (Wildman–Crippen LogP) is 4.63. The van der Waals surface area contributed by atoms with Crippen molar-refractivity contribution in [3.63, 3.8) is 0 Å². The molecule has 0 radical (unpaired) electrons. The summed E-state index contributed by atoms with van der Waals surface area (Å²) in [4.78, 5) is 27.5. The van der Waals surface area contributed by atoms with Crippen LogP contribution < -0.4 is 10.6 Å². The van der Waals surface area contributed by atoms with Crippen molar-refractivity contribution in [2.45, 2.75) is 39.0 Å². The van der Waals surface area contributed by atoms with Gasteiger partial charge in [-0.15, -0.1) is 0 Å². The zero-order chi connectivity index (χ0) is 23.1. The fourth-order valence-corrected chi connectivity index (χ4v) is 5.75. The van der Waals surface area contributed by atoms with Crippen LogP contribution in [-0.4, -0.2) is 21.5 Å². The van der Waals surface area contributed by atoms with Crippen LogP contribution in [0.25, 0.3) is 5.69 Å². The van der Waals surface area contributed by atoms with E-state index in [-0.39, 0.29) is 17.1 Å². The number of anilines is 2. The van der Waals surface area contributed by atoms with E-state index in [4.69, 9.17) is 5.10 Å². The summed E-state index contributed by atoms with van der Waals surface area (Å²) in [7, 11) is 0. The number of rotatable bonds is 1. The summed E-state index contributed by atoms with van der Waals surface area (Å²) in [6, 6.07) is 13.9. The highest BCUT2D eigenvalue weighted by molar-refractivity contribution is 6.20. The Hall–Kier alpha value is -3.74. The van der Waals surface area contributed by atoms with Crippen molar-refractivity contribution in [2.24, 2.45) is 5.41 Å². The van der Waals surface area contributed by atoms with Gasteiger partial charge in [-0.1, -0.05) is 32.0 Å². The molecule has 7 heteroatoms. The Morgan fingerprint density at radius 1 is 1.03 bits per heavy atom. The number of benzene rings is 2. The van der Waals surface area contributed by atoms with E-state index in [1.807, 2.05) is 51.1 Å². The molecule has 166 valence electrons. The molecule has 0 bridgehead atoms. The number of aryl methyl sites for hydroxylation is 1. The summed E-state index contributed by atoms with van der Waals surface area (Å²) in [6.45, 7) is 5.91. The highest BCUT2D eigenvalue weighted by Crippen LogP contribution is 2.57. The van der Waals surface area contributed by atoms with Gasteiger partial charge in [0, 0.05) is 34.5 Å².